The van der Waals surface area contributed by atoms with Gasteiger partial charge in [0, 0.05) is 53.5 Å². The molecule has 0 spiro atoms. The number of rotatable bonds is 6. The topological polar surface area (TPSA) is 74.8 Å². The van der Waals surface area contributed by atoms with E-state index in [0.29, 0.717) is 6.54 Å². The summed E-state index contributed by atoms with van der Waals surface area (Å²) < 4.78 is 0. The van der Waals surface area contributed by atoms with Gasteiger partial charge in [-0.1, -0.05) is 11.6 Å². The molecule has 0 saturated carbocycles. The molecule has 3 rings (SSSR count). The standard InChI is InChI=1S/C16H16ClN5O/c17-13-1-3-14(4-2-13)22(11-23)10-15(12-7-20-21-8-12)16-9-18-5-6-19-16/h1,3,5-9,11,15H,2,4,10H2,(H,20,21). The summed E-state index contributed by atoms with van der Waals surface area (Å²) >= 11 is 5.99. The van der Waals surface area contributed by atoms with Crippen molar-refractivity contribution in [1.29, 1.82) is 0 Å². The van der Waals surface area contributed by atoms with Gasteiger partial charge in [0.2, 0.25) is 6.41 Å². The molecule has 6 nitrogen and oxygen atoms in total. The maximum absolute atomic E-state index is 11.6. The normalized spacial score (nSPS) is 15.5. The van der Waals surface area contributed by atoms with Crippen molar-refractivity contribution in [3.63, 3.8) is 0 Å². The van der Waals surface area contributed by atoms with Gasteiger partial charge in [-0.15, -0.1) is 0 Å². The highest BCUT2D eigenvalue weighted by molar-refractivity contribution is 6.29. The van der Waals surface area contributed by atoms with Crippen molar-refractivity contribution < 1.29 is 4.79 Å². The summed E-state index contributed by atoms with van der Waals surface area (Å²) in [5, 5.41) is 7.62. The summed E-state index contributed by atoms with van der Waals surface area (Å²) in [7, 11) is 0. The van der Waals surface area contributed by atoms with Gasteiger partial charge < -0.3 is 4.90 Å². The molecular formula is C16H16ClN5O. The Kier molecular flexibility index (Phi) is 4.83. The number of allylic oxidation sites excluding steroid dienone is 4. The average molecular weight is 330 g/mol. The Labute approximate surface area is 138 Å². The van der Waals surface area contributed by atoms with E-state index in [0.717, 1.165) is 41.2 Å². The molecule has 0 bridgehead atoms. The molecule has 1 aliphatic carbocycles. The van der Waals surface area contributed by atoms with Crippen molar-refractivity contribution in [1.82, 2.24) is 25.1 Å². The van der Waals surface area contributed by atoms with Crippen LogP contribution < -0.4 is 0 Å². The first-order valence-corrected chi connectivity index (χ1v) is 7.67. The van der Waals surface area contributed by atoms with Crippen LogP contribution in [0.4, 0.5) is 0 Å². The van der Waals surface area contributed by atoms with E-state index >= 15 is 0 Å². The molecule has 0 radical (unpaired) electrons. The summed E-state index contributed by atoms with van der Waals surface area (Å²) in [5.74, 6) is -0.102. The Bertz CT molecular complexity index is 711. The maximum atomic E-state index is 11.6. The first-order valence-electron chi connectivity index (χ1n) is 7.29. The van der Waals surface area contributed by atoms with Crippen LogP contribution in [0, 0.1) is 0 Å². The van der Waals surface area contributed by atoms with Gasteiger partial charge in [0.05, 0.1) is 11.9 Å². The maximum Gasteiger partial charge on any atom is 0.213 e. The van der Waals surface area contributed by atoms with E-state index in [1.165, 1.54) is 0 Å². The van der Waals surface area contributed by atoms with Crippen LogP contribution in [0.3, 0.4) is 0 Å². The predicted octanol–water partition coefficient (Wildman–Crippen LogP) is 2.59. The zero-order chi connectivity index (χ0) is 16.1. The number of hydrogen-bond donors (Lipinski definition) is 1. The van der Waals surface area contributed by atoms with Crippen LogP contribution in [0.25, 0.3) is 0 Å². The Hall–Kier alpha value is -2.47. The van der Waals surface area contributed by atoms with Crippen molar-refractivity contribution in [2.75, 3.05) is 6.54 Å². The fourth-order valence-electron chi connectivity index (χ4n) is 2.58. The molecular weight excluding hydrogens is 314 g/mol. The van der Waals surface area contributed by atoms with Crippen LogP contribution in [-0.4, -0.2) is 38.0 Å². The molecule has 118 valence electrons. The number of aromatic nitrogens is 4. The molecule has 2 heterocycles. The molecule has 0 aliphatic heterocycles. The van der Waals surface area contributed by atoms with Gasteiger partial charge >= 0.3 is 0 Å². The van der Waals surface area contributed by atoms with Crippen LogP contribution in [0.1, 0.15) is 30.0 Å². The summed E-state index contributed by atoms with van der Waals surface area (Å²) in [4.78, 5) is 21.8. The van der Waals surface area contributed by atoms with E-state index in [9.17, 15) is 4.79 Å². The first-order chi connectivity index (χ1) is 11.3. The molecule has 0 aromatic carbocycles. The molecule has 1 N–H and O–H groups in total. The largest absolute Gasteiger partial charge is 0.318 e. The van der Waals surface area contributed by atoms with Crippen LogP contribution in [0.15, 0.2) is 53.9 Å². The fraction of sp³-hybridized carbons (Fsp3) is 0.250. The second-order valence-electron chi connectivity index (χ2n) is 5.24. The zero-order valence-corrected chi connectivity index (χ0v) is 13.1. The van der Waals surface area contributed by atoms with E-state index in [4.69, 9.17) is 11.6 Å². The number of amides is 1. The SMILES string of the molecule is O=CN(CC(c1cn[nH]c1)c1cnccn1)C1=CC=C(Cl)CC1. The Morgan fingerprint density at radius 1 is 1.30 bits per heavy atom. The molecule has 0 saturated heterocycles. The lowest BCUT2D eigenvalue weighted by Crippen LogP contribution is -2.28. The van der Waals surface area contributed by atoms with E-state index in [2.05, 4.69) is 20.2 Å². The number of halogens is 1. The number of H-pyrrole nitrogens is 1. The predicted molar refractivity (Wildman–Crippen MR) is 86.5 cm³/mol. The lowest BCUT2D eigenvalue weighted by atomic mass is 9.97. The number of nitrogens with zero attached hydrogens (tertiary/aromatic N) is 4. The van der Waals surface area contributed by atoms with E-state index in [-0.39, 0.29) is 5.92 Å². The quantitative estimate of drug-likeness (QED) is 0.827. The summed E-state index contributed by atoms with van der Waals surface area (Å²) in [5.41, 5.74) is 2.70. The van der Waals surface area contributed by atoms with Crippen molar-refractivity contribution >= 4 is 18.0 Å². The van der Waals surface area contributed by atoms with Crippen molar-refractivity contribution in [3.05, 3.63) is 65.1 Å². The molecule has 1 unspecified atom stereocenters. The van der Waals surface area contributed by atoms with E-state index < -0.39 is 0 Å². The lowest BCUT2D eigenvalue weighted by Gasteiger charge is -2.26. The highest BCUT2D eigenvalue weighted by Gasteiger charge is 2.22. The van der Waals surface area contributed by atoms with Crippen molar-refractivity contribution in [2.24, 2.45) is 0 Å². The summed E-state index contributed by atoms with van der Waals surface area (Å²) in [6.07, 6.45) is 14.6. The molecule has 0 fully saturated rings. The monoisotopic (exact) mass is 329 g/mol. The number of carbonyl (C=O) groups is 1. The van der Waals surface area contributed by atoms with Crippen LogP contribution in [-0.2, 0) is 4.79 Å². The van der Waals surface area contributed by atoms with E-state index in [1.807, 2.05) is 18.3 Å². The van der Waals surface area contributed by atoms with Gasteiger partial charge in [-0.05, 0) is 25.0 Å². The molecule has 1 aliphatic rings. The fourth-order valence-corrected chi connectivity index (χ4v) is 2.73. The van der Waals surface area contributed by atoms with Crippen LogP contribution in [0.2, 0.25) is 0 Å². The highest BCUT2D eigenvalue weighted by atomic mass is 35.5. The average Bonchev–Trinajstić information content (AvgIpc) is 3.12. The van der Waals surface area contributed by atoms with E-state index in [1.54, 1.807) is 29.7 Å². The molecule has 1 amide bonds. The second-order valence-corrected chi connectivity index (χ2v) is 5.73. The molecule has 2 aromatic rings. The first kappa shape index (κ1) is 15.4. The third-order valence-corrected chi connectivity index (χ3v) is 4.13. The second kappa shape index (κ2) is 7.19. The Morgan fingerprint density at radius 2 is 2.22 bits per heavy atom. The van der Waals surface area contributed by atoms with Gasteiger partial charge in [-0.2, -0.15) is 5.10 Å². The molecule has 1 atom stereocenters. The van der Waals surface area contributed by atoms with Crippen molar-refractivity contribution in [2.45, 2.75) is 18.8 Å². The molecule has 23 heavy (non-hydrogen) atoms. The Morgan fingerprint density at radius 3 is 2.83 bits per heavy atom. The van der Waals surface area contributed by atoms with Gasteiger partial charge in [-0.3, -0.25) is 19.9 Å². The minimum Gasteiger partial charge on any atom is -0.318 e. The summed E-state index contributed by atoms with van der Waals surface area (Å²) in [6, 6.07) is 0. The third kappa shape index (κ3) is 3.65. The number of hydrogen-bond acceptors (Lipinski definition) is 4. The summed E-state index contributed by atoms with van der Waals surface area (Å²) in [6.45, 7) is 0.471. The van der Waals surface area contributed by atoms with Gasteiger partial charge in [0.1, 0.15) is 0 Å². The van der Waals surface area contributed by atoms with Gasteiger partial charge in [0.15, 0.2) is 0 Å². The Balaban J connectivity index is 1.87. The minimum absolute atomic E-state index is 0.102. The van der Waals surface area contributed by atoms with Gasteiger partial charge in [0.25, 0.3) is 0 Å². The number of aromatic amines is 1. The van der Waals surface area contributed by atoms with Crippen LogP contribution in [0.5, 0.6) is 0 Å². The minimum atomic E-state index is -0.102. The highest BCUT2D eigenvalue weighted by Crippen LogP contribution is 2.27. The number of carbonyl (C=O) groups excluding carboxylic acids is 1. The number of nitrogens with one attached hydrogen (secondary N) is 1. The zero-order valence-electron chi connectivity index (χ0n) is 12.4. The smallest absolute Gasteiger partial charge is 0.213 e. The van der Waals surface area contributed by atoms with Crippen molar-refractivity contribution in [3.8, 4) is 0 Å². The molecule has 2 aromatic heterocycles. The molecule has 7 heteroatoms. The van der Waals surface area contributed by atoms with Crippen LogP contribution >= 0.6 is 11.6 Å². The third-order valence-electron chi connectivity index (χ3n) is 3.81. The lowest BCUT2D eigenvalue weighted by molar-refractivity contribution is -0.116. The van der Waals surface area contributed by atoms with Gasteiger partial charge in [-0.25, -0.2) is 0 Å².